The number of nitrogens with two attached hydrogens (primary N) is 1. The van der Waals surface area contributed by atoms with Crippen LogP contribution in [-0.4, -0.2) is 21.1 Å². The van der Waals surface area contributed by atoms with Crippen LogP contribution in [-0.2, 0) is 20.9 Å². The summed E-state index contributed by atoms with van der Waals surface area (Å²) in [6, 6.07) is 10.8. The topological polar surface area (TPSA) is 81.4 Å². The molecule has 0 aliphatic carbocycles. The van der Waals surface area contributed by atoms with Crippen LogP contribution in [0.15, 0.2) is 41.3 Å². The summed E-state index contributed by atoms with van der Waals surface area (Å²) in [5.41, 5.74) is 8.52. The molecule has 0 amide bonds. The van der Waals surface area contributed by atoms with E-state index in [0.717, 1.165) is 18.6 Å². The van der Waals surface area contributed by atoms with Crippen LogP contribution in [0.4, 0.5) is 5.69 Å². The molecule has 0 heterocycles. The van der Waals surface area contributed by atoms with Gasteiger partial charge in [-0.2, -0.15) is 0 Å². The van der Waals surface area contributed by atoms with Gasteiger partial charge in [0.25, 0.3) is 0 Å². The Labute approximate surface area is 205 Å². The highest BCUT2D eigenvalue weighted by Crippen LogP contribution is 2.39. The fourth-order valence-electron chi connectivity index (χ4n) is 3.42. The SMILES string of the molecule is CCC(C)(C)c1ccc(OC(C)CCNS(=O)(=O)c2ccc(Cl)c(N)c2)c(C(C)(C)CC)c1. The van der Waals surface area contributed by atoms with Crippen molar-refractivity contribution in [1.82, 2.24) is 4.72 Å². The highest BCUT2D eigenvalue weighted by atomic mass is 35.5. The van der Waals surface area contributed by atoms with E-state index in [-0.39, 0.29) is 34.1 Å². The summed E-state index contributed by atoms with van der Waals surface area (Å²) in [6.45, 7) is 15.6. The maximum Gasteiger partial charge on any atom is 0.240 e. The minimum atomic E-state index is -3.67. The molecular weight excluding hydrogens is 456 g/mol. The van der Waals surface area contributed by atoms with Gasteiger partial charge in [-0.05, 0) is 66.8 Å². The Morgan fingerprint density at radius 3 is 2.24 bits per heavy atom. The van der Waals surface area contributed by atoms with Gasteiger partial charge in [0, 0.05) is 12.1 Å². The lowest BCUT2D eigenvalue weighted by Gasteiger charge is -2.31. The van der Waals surface area contributed by atoms with E-state index < -0.39 is 10.0 Å². The second-order valence-corrected chi connectivity index (χ2v) is 12.2. The number of hydrogen-bond acceptors (Lipinski definition) is 4. The smallest absolute Gasteiger partial charge is 0.240 e. The molecule has 0 spiro atoms. The first-order chi connectivity index (χ1) is 15.2. The van der Waals surface area contributed by atoms with Crippen molar-refractivity contribution in [2.24, 2.45) is 0 Å². The second-order valence-electron chi connectivity index (χ2n) is 9.98. The standard InChI is InChI=1S/C26H39ClN2O3S/c1-8-25(4,5)19-10-13-24(21(16-19)26(6,7)9-2)32-18(3)14-15-29-33(30,31)20-11-12-22(27)23(28)17-20/h10-13,16-18,29H,8-9,14-15,28H2,1-7H3. The van der Waals surface area contributed by atoms with Crippen molar-refractivity contribution in [3.63, 3.8) is 0 Å². The van der Waals surface area contributed by atoms with Crippen LogP contribution in [0.25, 0.3) is 0 Å². The molecule has 1 unspecified atom stereocenters. The molecule has 2 aromatic rings. The van der Waals surface area contributed by atoms with E-state index in [9.17, 15) is 8.42 Å². The minimum Gasteiger partial charge on any atom is -0.490 e. The van der Waals surface area contributed by atoms with Gasteiger partial charge in [-0.1, -0.05) is 65.3 Å². The average molecular weight is 495 g/mol. The molecule has 184 valence electrons. The van der Waals surface area contributed by atoms with E-state index in [1.165, 1.54) is 29.3 Å². The third kappa shape index (κ3) is 6.87. The summed E-state index contributed by atoms with van der Waals surface area (Å²) in [5.74, 6) is 0.860. The van der Waals surface area contributed by atoms with E-state index >= 15 is 0 Å². The number of sulfonamides is 1. The Morgan fingerprint density at radius 1 is 1.03 bits per heavy atom. The van der Waals surface area contributed by atoms with Crippen LogP contribution in [0, 0.1) is 0 Å². The van der Waals surface area contributed by atoms with E-state index in [0.29, 0.717) is 11.4 Å². The van der Waals surface area contributed by atoms with Crippen LogP contribution >= 0.6 is 11.6 Å². The highest BCUT2D eigenvalue weighted by molar-refractivity contribution is 7.89. The largest absolute Gasteiger partial charge is 0.490 e. The quantitative estimate of drug-likeness (QED) is 0.352. The number of anilines is 1. The molecule has 2 aromatic carbocycles. The average Bonchev–Trinajstić information content (AvgIpc) is 2.75. The van der Waals surface area contributed by atoms with Gasteiger partial charge in [0.2, 0.25) is 10.0 Å². The van der Waals surface area contributed by atoms with Crippen LogP contribution < -0.4 is 15.2 Å². The van der Waals surface area contributed by atoms with E-state index in [1.54, 1.807) is 0 Å². The second kappa shape index (κ2) is 10.7. The lowest BCUT2D eigenvalue weighted by molar-refractivity contribution is 0.206. The van der Waals surface area contributed by atoms with Gasteiger partial charge in [0.1, 0.15) is 5.75 Å². The Bertz CT molecular complexity index is 1070. The Hall–Kier alpha value is -1.76. The first-order valence-corrected chi connectivity index (χ1v) is 13.5. The number of ether oxygens (including phenoxy) is 1. The van der Waals surface area contributed by atoms with E-state index in [1.807, 2.05) is 6.92 Å². The number of rotatable bonds is 11. The Morgan fingerprint density at radius 2 is 1.67 bits per heavy atom. The summed E-state index contributed by atoms with van der Waals surface area (Å²) >= 11 is 5.89. The number of benzene rings is 2. The monoisotopic (exact) mass is 494 g/mol. The summed E-state index contributed by atoms with van der Waals surface area (Å²) in [7, 11) is -3.67. The molecule has 0 aliphatic rings. The van der Waals surface area contributed by atoms with Crippen molar-refractivity contribution >= 4 is 27.3 Å². The fraction of sp³-hybridized carbons (Fsp3) is 0.538. The molecule has 0 aromatic heterocycles. The molecule has 33 heavy (non-hydrogen) atoms. The van der Waals surface area contributed by atoms with Crippen LogP contribution in [0.5, 0.6) is 5.75 Å². The molecule has 0 saturated carbocycles. The van der Waals surface area contributed by atoms with Crippen LogP contribution in [0.1, 0.15) is 78.9 Å². The van der Waals surface area contributed by atoms with Gasteiger partial charge in [-0.25, -0.2) is 13.1 Å². The maximum absolute atomic E-state index is 12.6. The molecule has 0 radical (unpaired) electrons. The Kier molecular flexibility index (Phi) is 8.88. The summed E-state index contributed by atoms with van der Waals surface area (Å²) < 4.78 is 34.1. The van der Waals surface area contributed by atoms with Crippen LogP contribution in [0.2, 0.25) is 5.02 Å². The fourth-order valence-corrected chi connectivity index (χ4v) is 4.62. The van der Waals surface area contributed by atoms with Crippen LogP contribution in [0.3, 0.4) is 0 Å². The van der Waals surface area contributed by atoms with E-state index in [4.69, 9.17) is 22.1 Å². The molecule has 0 saturated heterocycles. The molecule has 0 aliphatic heterocycles. The normalized spacial score (nSPS) is 13.7. The predicted molar refractivity (Wildman–Crippen MR) is 139 cm³/mol. The minimum absolute atomic E-state index is 0.0367. The van der Waals surface area contributed by atoms with Crippen molar-refractivity contribution in [3.8, 4) is 5.75 Å². The summed E-state index contributed by atoms with van der Waals surface area (Å²) in [4.78, 5) is 0.0964. The first kappa shape index (κ1) is 27.5. The van der Waals surface area contributed by atoms with Crippen molar-refractivity contribution in [3.05, 3.63) is 52.5 Å². The lowest BCUT2D eigenvalue weighted by atomic mass is 9.76. The van der Waals surface area contributed by atoms with Gasteiger partial charge in [-0.3, -0.25) is 0 Å². The van der Waals surface area contributed by atoms with Gasteiger partial charge < -0.3 is 10.5 Å². The third-order valence-electron chi connectivity index (χ3n) is 6.71. The zero-order chi connectivity index (χ0) is 25.0. The van der Waals surface area contributed by atoms with Gasteiger partial charge in [0.15, 0.2) is 0 Å². The van der Waals surface area contributed by atoms with E-state index in [2.05, 4.69) is 64.5 Å². The molecular formula is C26H39ClN2O3S. The van der Waals surface area contributed by atoms with Crippen molar-refractivity contribution in [1.29, 1.82) is 0 Å². The number of hydrogen-bond donors (Lipinski definition) is 2. The molecule has 3 N–H and O–H groups in total. The molecule has 2 rings (SSSR count). The van der Waals surface area contributed by atoms with Crippen molar-refractivity contribution in [2.75, 3.05) is 12.3 Å². The number of nitrogens with one attached hydrogen (secondary N) is 1. The first-order valence-electron chi connectivity index (χ1n) is 11.6. The molecule has 0 bridgehead atoms. The summed E-state index contributed by atoms with van der Waals surface area (Å²) in [6.07, 6.45) is 2.39. The van der Waals surface area contributed by atoms with Gasteiger partial charge >= 0.3 is 0 Å². The number of halogens is 1. The van der Waals surface area contributed by atoms with Gasteiger partial charge in [-0.15, -0.1) is 0 Å². The zero-order valence-corrected chi connectivity index (χ0v) is 22.5. The summed E-state index contributed by atoms with van der Waals surface area (Å²) in [5, 5.41) is 0.329. The Balaban J connectivity index is 2.13. The van der Waals surface area contributed by atoms with Crippen molar-refractivity contribution in [2.45, 2.75) is 89.6 Å². The van der Waals surface area contributed by atoms with Gasteiger partial charge in [0.05, 0.1) is 21.7 Å². The lowest BCUT2D eigenvalue weighted by Crippen LogP contribution is -2.29. The maximum atomic E-state index is 12.6. The molecule has 5 nitrogen and oxygen atoms in total. The number of nitrogen functional groups attached to an aromatic ring is 1. The molecule has 0 fully saturated rings. The van der Waals surface area contributed by atoms with Crippen molar-refractivity contribution < 1.29 is 13.2 Å². The third-order valence-corrected chi connectivity index (χ3v) is 8.51. The highest BCUT2D eigenvalue weighted by Gasteiger charge is 2.27. The zero-order valence-electron chi connectivity index (χ0n) is 21.0. The predicted octanol–water partition coefficient (Wildman–Crippen LogP) is 6.43. The molecule has 7 heteroatoms. The molecule has 1 atom stereocenters.